The number of hydrogen-bond acceptors (Lipinski definition) is 6. The molecule has 1 aliphatic carbocycles. The maximum absolute atomic E-state index is 14.8. The average molecular weight is 659 g/mol. The van der Waals surface area contributed by atoms with E-state index in [1.54, 1.807) is 6.92 Å². The largest absolute Gasteiger partial charge is 0.496 e. The molecule has 244 valence electrons. The molecule has 0 unspecified atom stereocenters. The number of halogens is 7. The Kier molecular flexibility index (Phi) is 8.30. The van der Waals surface area contributed by atoms with Gasteiger partial charge in [0.2, 0.25) is 5.91 Å². The number of aliphatic carboxylic acids is 1. The lowest BCUT2D eigenvalue weighted by atomic mass is 9.75. The zero-order valence-corrected chi connectivity index (χ0v) is 24.1. The van der Waals surface area contributed by atoms with Gasteiger partial charge in [-0.05, 0) is 56.9 Å². The van der Waals surface area contributed by atoms with E-state index in [-0.39, 0.29) is 42.4 Å². The monoisotopic (exact) mass is 658 g/mol. The molecule has 3 N–H and O–H groups in total. The predicted octanol–water partition coefficient (Wildman–Crippen LogP) is 6.43. The smallest absolute Gasteiger partial charge is 0.313 e. The van der Waals surface area contributed by atoms with Gasteiger partial charge in [-0.3, -0.25) is 14.4 Å². The van der Waals surface area contributed by atoms with Gasteiger partial charge in [-0.2, -0.15) is 0 Å². The first-order chi connectivity index (χ1) is 20.2. The molecule has 2 atom stereocenters. The van der Waals surface area contributed by atoms with Crippen LogP contribution in [-0.4, -0.2) is 55.4 Å². The second-order valence-electron chi connectivity index (χ2n) is 11.0. The molecule has 0 bridgehead atoms. The average Bonchev–Trinajstić information content (AvgIpc) is 3.38. The van der Waals surface area contributed by atoms with Gasteiger partial charge in [0.25, 0.3) is 5.91 Å². The zero-order chi connectivity index (χ0) is 32.7. The topological polar surface area (TPSA) is 123 Å². The van der Waals surface area contributed by atoms with Crippen molar-refractivity contribution in [1.29, 1.82) is 0 Å². The SMILES string of the molecule is COc1cc(F)c(OC2CCC(C)(C(=O)O)CC2)cc1C(=O)N[C@@H]1COC[C@@H]1C(=O)Nc1ccc(F)c(S(F)(F)(F)(F)F)c1. The molecule has 1 saturated carbocycles. The number of carboxylic acid groups (broad SMARTS) is 1. The Morgan fingerprint density at radius 1 is 0.977 bits per heavy atom. The summed E-state index contributed by atoms with van der Waals surface area (Å²) in [6.07, 6.45) is 0.710. The number of ether oxygens (including phenoxy) is 3. The third-order valence-corrected chi connectivity index (χ3v) is 8.84. The van der Waals surface area contributed by atoms with E-state index in [9.17, 15) is 47.7 Å². The molecule has 0 spiro atoms. The van der Waals surface area contributed by atoms with Gasteiger partial charge in [0.05, 0.1) is 49.4 Å². The van der Waals surface area contributed by atoms with Crippen LogP contribution in [0.3, 0.4) is 0 Å². The molecule has 0 aromatic heterocycles. The van der Waals surface area contributed by atoms with E-state index in [4.69, 9.17) is 14.2 Å². The molecule has 2 amide bonds. The molecule has 9 nitrogen and oxygen atoms in total. The Morgan fingerprint density at radius 3 is 2.23 bits per heavy atom. The van der Waals surface area contributed by atoms with E-state index in [1.165, 1.54) is 7.11 Å². The minimum Gasteiger partial charge on any atom is -0.496 e. The van der Waals surface area contributed by atoms with Crippen LogP contribution in [0.1, 0.15) is 43.0 Å². The van der Waals surface area contributed by atoms with E-state index in [0.29, 0.717) is 31.7 Å². The molecule has 44 heavy (non-hydrogen) atoms. The molecule has 1 aliphatic heterocycles. The molecular formula is C27H29F7N2O7S. The Labute approximate surface area is 246 Å². The van der Waals surface area contributed by atoms with Crippen molar-refractivity contribution in [2.24, 2.45) is 11.3 Å². The number of carboxylic acids is 1. The Hall–Kier alpha value is -3.73. The highest BCUT2D eigenvalue weighted by Gasteiger charge is 2.67. The van der Waals surface area contributed by atoms with E-state index in [1.807, 2.05) is 5.32 Å². The molecule has 1 saturated heterocycles. The Morgan fingerprint density at radius 2 is 1.64 bits per heavy atom. The van der Waals surface area contributed by atoms with Crippen LogP contribution in [0.5, 0.6) is 11.5 Å². The Balaban J connectivity index is 1.48. The molecular weight excluding hydrogens is 629 g/mol. The summed E-state index contributed by atoms with van der Waals surface area (Å²) in [5.74, 6) is -7.57. The number of amides is 2. The van der Waals surface area contributed by atoms with Gasteiger partial charge in [0, 0.05) is 11.8 Å². The normalized spacial score (nSPS) is 25.3. The first kappa shape index (κ1) is 33.2. The van der Waals surface area contributed by atoms with Crippen LogP contribution in [0, 0.1) is 23.0 Å². The van der Waals surface area contributed by atoms with Crippen LogP contribution in [0.2, 0.25) is 0 Å². The molecule has 2 fully saturated rings. The number of methoxy groups -OCH3 is 1. The van der Waals surface area contributed by atoms with Crippen LogP contribution < -0.4 is 20.1 Å². The van der Waals surface area contributed by atoms with Gasteiger partial charge < -0.3 is 30.0 Å². The lowest BCUT2D eigenvalue weighted by Crippen LogP contribution is -2.44. The number of nitrogens with one attached hydrogen (secondary N) is 2. The van der Waals surface area contributed by atoms with E-state index in [0.717, 1.165) is 12.1 Å². The van der Waals surface area contributed by atoms with Crippen molar-refractivity contribution >= 4 is 33.7 Å². The van der Waals surface area contributed by atoms with E-state index in [2.05, 4.69) is 5.32 Å². The fourth-order valence-corrected chi connectivity index (χ4v) is 5.81. The third-order valence-electron chi connectivity index (χ3n) is 7.69. The molecule has 4 rings (SSSR count). The molecule has 2 aliphatic rings. The second-order valence-corrected chi connectivity index (χ2v) is 13.4. The maximum atomic E-state index is 14.8. The Bertz CT molecular complexity index is 1480. The molecule has 17 heteroatoms. The molecule has 2 aromatic carbocycles. The lowest BCUT2D eigenvalue weighted by molar-refractivity contribution is -0.150. The summed E-state index contributed by atoms with van der Waals surface area (Å²) in [5, 5.41) is 13.9. The number of benzene rings is 2. The summed E-state index contributed by atoms with van der Waals surface area (Å²) in [6.45, 7) is 1.08. The summed E-state index contributed by atoms with van der Waals surface area (Å²) < 4.78 is 111. The number of rotatable bonds is 9. The summed E-state index contributed by atoms with van der Waals surface area (Å²) in [4.78, 5) is 34.8. The van der Waals surface area contributed by atoms with Gasteiger partial charge in [-0.1, -0.05) is 19.4 Å². The van der Waals surface area contributed by atoms with Crippen LogP contribution in [-0.2, 0) is 14.3 Å². The fourth-order valence-electron chi connectivity index (χ4n) is 5.02. The predicted molar refractivity (Wildman–Crippen MR) is 144 cm³/mol. The highest BCUT2D eigenvalue weighted by atomic mass is 32.5. The van der Waals surface area contributed by atoms with Crippen molar-refractivity contribution in [1.82, 2.24) is 5.32 Å². The van der Waals surface area contributed by atoms with Gasteiger partial charge in [-0.15, -0.1) is 0 Å². The van der Waals surface area contributed by atoms with Gasteiger partial charge in [0.15, 0.2) is 11.6 Å². The number of carbonyl (C=O) groups excluding carboxylic acids is 2. The van der Waals surface area contributed by atoms with Crippen molar-refractivity contribution in [3.8, 4) is 11.5 Å². The van der Waals surface area contributed by atoms with Gasteiger partial charge in [-0.25, -0.2) is 8.78 Å². The quantitative estimate of drug-likeness (QED) is 0.266. The van der Waals surface area contributed by atoms with Crippen molar-refractivity contribution in [2.75, 3.05) is 25.6 Å². The van der Waals surface area contributed by atoms with Crippen molar-refractivity contribution < 1.29 is 61.9 Å². The second kappa shape index (κ2) is 11.0. The summed E-state index contributed by atoms with van der Waals surface area (Å²) in [5.41, 5.74) is -1.88. The molecule has 1 heterocycles. The minimum absolute atomic E-state index is 0.145. The fraction of sp³-hybridized carbons (Fsp3) is 0.444. The zero-order valence-electron chi connectivity index (χ0n) is 23.3. The summed E-state index contributed by atoms with van der Waals surface area (Å²) in [6, 6.07) is 1.53. The van der Waals surface area contributed by atoms with Crippen molar-refractivity contribution in [3.05, 3.63) is 47.5 Å². The highest BCUT2D eigenvalue weighted by molar-refractivity contribution is 8.45. The van der Waals surface area contributed by atoms with Gasteiger partial charge in [0.1, 0.15) is 16.5 Å². The number of carbonyl (C=O) groups is 3. The van der Waals surface area contributed by atoms with Gasteiger partial charge >= 0.3 is 16.2 Å². The summed E-state index contributed by atoms with van der Waals surface area (Å²) in [7, 11) is -9.23. The van der Waals surface area contributed by atoms with E-state index < -0.39 is 73.7 Å². The highest BCUT2D eigenvalue weighted by Crippen LogP contribution is 3.02. The first-order valence-corrected chi connectivity index (χ1v) is 15.2. The minimum atomic E-state index is -10.4. The van der Waals surface area contributed by atoms with E-state index >= 15 is 0 Å². The molecule has 2 aromatic rings. The molecule has 0 radical (unpaired) electrons. The van der Waals surface area contributed by atoms with Crippen LogP contribution in [0.25, 0.3) is 0 Å². The first-order valence-electron chi connectivity index (χ1n) is 13.2. The van der Waals surface area contributed by atoms with Crippen LogP contribution >= 0.6 is 10.2 Å². The maximum Gasteiger partial charge on any atom is 0.313 e. The van der Waals surface area contributed by atoms with Crippen molar-refractivity contribution in [3.63, 3.8) is 0 Å². The third kappa shape index (κ3) is 7.31. The lowest BCUT2D eigenvalue weighted by Gasteiger charge is -2.40. The summed E-state index contributed by atoms with van der Waals surface area (Å²) >= 11 is 0. The number of hydrogen-bond donors (Lipinski definition) is 3. The van der Waals surface area contributed by atoms with Crippen LogP contribution in [0.4, 0.5) is 33.9 Å². The number of anilines is 1. The van der Waals surface area contributed by atoms with Crippen molar-refractivity contribution in [2.45, 2.75) is 49.6 Å². The standard InChI is InChI=1S/C27H29F7N2O7S/c1-27(26(39)40)7-5-15(6-8-27)43-22-10-16(21(41-2)11-19(22)29)24(37)36-20-13-42-12-17(20)25(38)35-14-3-4-18(28)23(9-14)44(30,31,32,33)34/h3-4,9-11,15,17,20H,5-8,12-13H2,1-2H3,(H,35,38)(H,36,37)(H,39,40)/t15?,17-,20+,27?/m0/s1. The van der Waals surface area contributed by atoms with Crippen LogP contribution in [0.15, 0.2) is 35.2 Å².